The molecule has 0 fully saturated rings. The molecule has 1 atom stereocenters. The van der Waals surface area contributed by atoms with E-state index in [9.17, 15) is 14.7 Å². The molecule has 0 saturated heterocycles. The third-order valence-corrected chi connectivity index (χ3v) is 3.20. The van der Waals surface area contributed by atoms with E-state index < -0.39 is 22.8 Å². The van der Waals surface area contributed by atoms with Gasteiger partial charge in [0.05, 0.1) is 14.2 Å². The highest BCUT2D eigenvalue weighted by Crippen LogP contribution is 2.49. The fourth-order valence-corrected chi connectivity index (χ4v) is 2.02. The van der Waals surface area contributed by atoms with Gasteiger partial charge in [-0.2, -0.15) is 0 Å². The zero-order valence-electron chi connectivity index (χ0n) is 9.46. The molecule has 0 saturated carbocycles. The first-order valence-electron chi connectivity index (χ1n) is 4.55. The largest absolute Gasteiger partial charge is 0.496 e. The molecular formula is C10H13ClO5. The highest BCUT2D eigenvalue weighted by Gasteiger charge is 2.66. The SMILES string of the molecule is COC(=O)C(C)(C)C1(O)C(=O)C(Cl)=C1OC. The number of esters is 1. The van der Waals surface area contributed by atoms with Gasteiger partial charge in [0.1, 0.15) is 10.4 Å². The molecule has 0 aliphatic heterocycles. The molecule has 5 nitrogen and oxygen atoms in total. The lowest BCUT2D eigenvalue weighted by Crippen LogP contribution is -2.62. The Balaban J connectivity index is 3.25. The van der Waals surface area contributed by atoms with Crippen LogP contribution in [-0.4, -0.2) is 36.7 Å². The molecule has 0 spiro atoms. The Morgan fingerprint density at radius 1 is 1.44 bits per heavy atom. The van der Waals surface area contributed by atoms with E-state index >= 15 is 0 Å². The first kappa shape index (κ1) is 13.0. The topological polar surface area (TPSA) is 72.8 Å². The van der Waals surface area contributed by atoms with Crippen molar-refractivity contribution in [3.05, 3.63) is 10.8 Å². The molecule has 1 aliphatic rings. The number of ether oxygens (including phenoxy) is 2. The molecule has 0 radical (unpaired) electrons. The van der Waals surface area contributed by atoms with Crippen molar-refractivity contribution in [1.82, 2.24) is 0 Å². The molecule has 0 bridgehead atoms. The highest BCUT2D eigenvalue weighted by molar-refractivity contribution is 6.48. The average molecular weight is 249 g/mol. The second-order valence-electron chi connectivity index (χ2n) is 4.00. The summed E-state index contributed by atoms with van der Waals surface area (Å²) in [4.78, 5) is 23.1. The van der Waals surface area contributed by atoms with Crippen LogP contribution in [0.5, 0.6) is 0 Å². The van der Waals surface area contributed by atoms with Crippen molar-refractivity contribution in [1.29, 1.82) is 0 Å². The molecule has 0 amide bonds. The van der Waals surface area contributed by atoms with Crippen LogP contribution in [0.4, 0.5) is 0 Å². The number of carbonyl (C=O) groups excluding carboxylic acids is 2. The summed E-state index contributed by atoms with van der Waals surface area (Å²) in [6.07, 6.45) is 0. The number of hydrogen-bond donors (Lipinski definition) is 1. The number of Topliss-reactive ketones (excluding diaryl/α,β-unsaturated/α-hetero) is 1. The van der Waals surface area contributed by atoms with E-state index in [4.69, 9.17) is 16.3 Å². The Hall–Kier alpha value is -1.07. The van der Waals surface area contributed by atoms with Crippen LogP contribution in [0.15, 0.2) is 10.8 Å². The van der Waals surface area contributed by atoms with Crippen molar-refractivity contribution >= 4 is 23.4 Å². The fraction of sp³-hybridized carbons (Fsp3) is 0.600. The maximum absolute atomic E-state index is 11.6. The smallest absolute Gasteiger partial charge is 0.315 e. The number of hydrogen-bond acceptors (Lipinski definition) is 5. The van der Waals surface area contributed by atoms with Crippen LogP contribution in [0, 0.1) is 5.41 Å². The van der Waals surface area contributed by atoms with Gasteiger partial charge in [-0.3, -0.25) is 9.59 Å². The highest BCUT2D eigenvalue weighted by atomic mass is 35.5. The molecule has 0 heterocycles. The Labute approximate surface area is 98.0 Å². The predicted molar refractivity (Wildman–Crippen MR) is 55.6 cm³/mol. The minimum Gasteiger partial charge on any atom is -0.496 e. The maximum Gasteiger partial charge on any atom is 0.315 e. The van der Waals surface area contributed by atoms with Crippen LogP contribution in [0.1, 0.15) is 13.8 Å². The molecule has 6 heteroatoms. The van der Waals surface area contributed by atoms with Crippen LogP contribution >= 0.6 is 11.6 Å². The third-order valence-electron chi connectivity index (χ3n) is 2.86. The summed E-state index contributed by atoms with van der Waals surface area (Å²) in [5.41, 5.74) is -3.51. The van der Waals surface area contributed by atoms with Gasteiger partial charge < -0.3 is 14.6 Å². The van der Waals surface area contributed by atoms with Crippen molar-refractivity contribution in [2.45, 2.75) is 19.4 Å². The number of rotatable bonds is 3. The van der Waals surface area contributed by atoms with Crippen molar-refractivity contribution in [3.8, 4) is 0 Å². The van der Waals surface area contributed by atoms with E-state index in [0.717, 1.165) is 0 Å². The van der Waals surface area contributed by atoms with Gasteiger partial charge in [0.2, 0.25) is 11.4 Å². The second-order valence-corrected chi connectivity index (χ2v) is 4.38. The minimum atomic E-state index is -2.05. The van der Waals surface area contributed by atoms with Gasteiger partial charge in [0.25, 0.3) is 0 Å². The lowest BCUT2D eigenvalue weighted by Gasteiger charge is -2.44. The Kier molecular flexibility index (Phi) is 3.04. The van der Waals surface area contributed by atoms with Crippen LogP contribution in [0.25, 0.3) is 0 Å². The third kappa shape index (κ3) is 1.28. The van der Waals surface area contributed by atoms with E-state index in [2.05, 4.69) is 4.74 Å². The zero-order valence-corrected chi connectivity index (χ0v) is 10.2. The molecule has 1 rings (SSSR count). The van der Waals surface area contributed by atoms with Crippen LogP contribution in [-0.2, 0) is 19.1 Å². The number of methoxy groups -OCH3 is 2. The van der Waals surface area contributed by atoms with Crippen molar-refractivity contribution in [2.75, 3.05) is 14.2 Å². The van der Waals surface area contributed by atoms with Gasteiger partial charge in [-0.05, 0) is 13.8 Å². The monoisotopic (exact) mass is 248 g/mol. The van der Waals surface area contributed by atoms with Gasteiger partial charge in [-0.25, -0.2) is 0 Å². The summed E-state index contributed by atoms with van der Waals surface area (Å²) < 4.78 is 9.38. The Bertz CT molecular complexity index is 385. The van der Waals surface area contributed by atoms with Crippen LogP contribution in [0.2, 0.25) is 0 Å². The molecule has 16 heavy (non-hydrogen) atoms. The summed E-state index contributed by atoms with van der Waals surface area (Å²) in [5, 5.41) is 10.0. The lowest BCUT2D eigenvalue weighted by atomic mass is 9.65. The maximum atomic E-state index is 11.6. The summed E-state index contributed by atoms with van der Waals surface area (Å²) in [7, 11) is 2.44. The summed E-state index contributed by atoms with van der Waals surface area (Å²) in [6, 6.07) is 0. The molecule has 1 N–H and O–H groups in total. The summed E-state index contributed by atoms with van der Waals surface area (Å²) in [5.74, 6) is -1.56. The van der Waals surface area contributed by atoms with Crippen molar-refractivity contribution in [2.24, 2.45) is 5.41 Å². The van der Waals surface area contributed by atoms with Crippen LogP contribution in [0.3, 0.4) is 0 Å². The number of aliphatic hydroxyl groups is 1. The molecule has 0 aromatic rings. The normalized spacial score (nSPS) is 25.2. The quantitative estimate of drug-likeness (QED) is 0.741. The molecule has 1 unspecified atom stereocenters. The van der Waals surface area contributed by atoms with E-state index in [-0.39, 0.29) is 10.8 Å². The molecule has 0 aromatic heterocycles. The Morgan fingerprint density at radius 2 is 1.94 bits per heavy atom. The lowest BCUT2D eigenvalue weighted by molar-refractivity contribution is -0.177. The minimum absolute atomic E-state index is 0.102. The van der Waals surface area contributed by atoms with E-state index in [0.29, 0.717) is 0 Å². The average Bonchev–Trinajstić information content (AvgIpc) is 2.27. The number of ketones is 1. The summed E-state index contributed by atoms with van der Waals surface area (Å²) in [6.45, 7) is 2.78. The van der Waals surface area contributed by atoms with Gasteiger partial charge in [-0.1, -0.05) is 11.6 Å². The van der Waals surface area contributed by atoms with Gasteiger partial charge in [0.15, 0.2) is 5.76 Å². The molecular weight excluding hydrogens is 236 g/mol. The van der Waals surface area contributed by atoms with Crippen molar-refractivity contribution in [3.63, 3.8) is 0 Å². The van der Waals surface area contributed by atoms with Crippen molar-refractivity contribution < 1.29 is 24.2 Å². The van der Waals surface area contributed by atoms with Gasteiger partial charge in [-0.15, -0.1) is 0 Å². The molecule has 0 aromatic carbocycles. The molecule has 1 aliphatic carbocycles. The number of halogens is 1. The van der Waals surface area contributed by atoms with Gasteiger partial charge >= 0.3 is 5.97 Å². The second kappa shape index (κ2) is 3.75. The first-order valence-corrected chi connectivity index (χ1v) is 4.92. The van der Waals surface area contributed by atoms with Crippen LogP contribution < -0.4 is 0 Å². The van der Waals surface area contributed by atoms with Gasteiger partial charge in [0, 0.05) is 0 Å². The van der Waals surface area contributed by atoms with E-state index in [1.54, 1.807) is 0 Å². The Morgan fingerprint density at radius 3 is 2.31 bits per heavy atom. The van der Waals surface area contributed by atoms with E-state index in [1.165, 1.54) is 28.1 Å². The summed E-state index contributed by atoms with van der Waals surface area (Å²) >= 11 is 5.60. The van der Waals surface area contributed by atoms with E-state index in [1.807, 2.05) is 0 Å². The first-order chi connectivity index (χ1) is 7.25. The molecule has 90 valence electrons. The standard InChI is InChI=1S/C10H13ClO5/c1-9(2,8(13)16-4)10(14)6(12)5(11)7(10)15-3/h14H,1-4H3. The predicted octanol–water partition coefficient (Wildman–Crippen LogP) is 0.596. The fourth-order valence-electron chi connectivity index (χ4n) is 1.67. The number of carbonyl (C=O) groups is 2. The zero-order chi connectivity index (χ0) is 12.7.